The van der Waals surface area contributed by atoms with Crippen LogP contribution in [0.25, 0.3) is 72.3 Å². The summed E-state index contributed by atoms with van der Waals surface area (Å²) in [5, 5.41) is 2.73. The van der Waals surface area contributed by atoms with Crippen molar-refractivity contribution in [2.75, 3.05) is 0 Å². The van der Waals surface area contributed by atoms with Crippen LogP contribution in [0.4, 0.5) is 13.2 Å². The third kappa shape index (κ3) is 4.12. The third-order valence-corrected chi connectivity index (χ3v) is 9.09. The van der Waals surface area contributed by atoms with Gasteiger partial charge in [-0.15, -0.1) is 0 Å². The molecule has 0 fully saturated rings. The second kappa shape index (κ2) is 10.4. The Hall–Kier alpha value is -5.82. The molecule has 1 aliphatic rings. The van der Waals surface area contributed by atoms with E-state index in [1.165, 1.54) is 6.07 Å². The van der Waals surface area contributed by atoms with Crippen LogP contribution in [-0.4, -0.2) is 18.7 Å². The predicted molar refractivity (Wildman–Crippen MR) is 184 cm³/mol. The first kappa shape index (κ1) is 27.5. The van der Waals surface area contributed by atoms with E-state index in [0.29, 0.717) is 11.0 Å². The average molecular weight is 621 g/mol. The molecule has 0 saturated heterocycles. The molecule has 0 radical (unpaired) electrons. The van der Waals surface area contributed by atoms with E-state index >= 15 is 0 Å². The van der Waals surface area contributed by atoms with Crippen LogP contribution < -0.4 is 0 Å². The lowest BCUT2D eigenvalue weighted by Gasteiger charge is -2.16. The van der Waals surface area contributed by atoms with Gasteiger partial charge in [0.15, 0.2) is 5.65 Å². The van der Waals surface area contributed by atoms with Crippen LogP contribution in [0.5, 0.6) is 0 Å². The van der Waals surface area contributed by atoms with Gasteiger partial charge in [0.25, 0.3) is 0 Å². The molecule has 0 saturated carbocycles. The number of alkyl halides is 3. The molecule has 0 bridgehead atoms. The number of halogens is 3. The maximum absolute atomic E-state index is 14.4. The molecular formula is C40H27F3N4. The number of allylic oxidation sites excluding steroid dienone is 4. The highest BCUT2D eigenvalue weighted by Gasteiger charge is 2.35. The van der Waals surface area contributed by atoms with E-state index in [9.17, 15) is 13.2 Å². The highest BCUT2D eigenvalue weighted by atomic mass is 19.4. The number of imidazole rings is 1. The van der Waals surface area contributed by atoms with E-state index < -0.39 is 11.7 Å². The summed E-state index contributed by atoms with van der Waals surface area (Å²) < 4.78 is 49.5. The van der Waals surface area contributed by atoms with Gasteiger partial charge in [0.1, 0.15) is 11.3 Å². The molecule has 5 aromatic carbocycles. The molecule has 1 aliphatic carbocycles. The highest BCUT2D eigenvalue weighted by Crippen LogP contribution is 2.45. The van der Waals surface area contributed by atoms with Gasteiger partial charge in [-0.25, -0.2) is 4.98 Å². The van der Waals surface area contributed by atoms with Crippen molar-refractivity contribution in [3.05, 3.63) is 145 Å². The number of benzene rings is 5. The fourth-order valence-electron chi connectivity index (χ4n) is 7.17. The van der Waals surface area contributed by atoms with Crippen LogP contribution in [-0.2, 0) is 6.18 Å². The first-order chi connectivity index (χ1) is 23.0. The monoisotopic (exact) mass is 620 g/mol. The Kier molecular flexibility index (Phi) is 6.06. The van der Waals surface area contributed by atoms with E-state index in [1.54, 1.807) is 16.7 Å². The zero-order valence-corrected chi connectivity index (χ0v) is 25.1. The van der Waals surface area contributed by atoms with E-state index in [2.05, 4.69) is 51.6 Å². The second-order valence-electron chi connectivity index (χ2n) is 11.8. The van der Waals surface area contributed by atoms with Gasteiger partial charge in [0.2, 0.25) is 0 Å². The lowest BCUT2D eigenvalue weighted by Crippen LogP contribution is -2.10. The normalized spacial score (nSPS) is 13.7. The van der Waals surface area contributed by atoms with E-state index in [0.717, 1.165) is 74.5 Å². The first-order valence-corrected chi connectivity index (χ1v) is 15.6. The van der Waals surface area contributed by atoms with Crippen LogP contribution in [0.1, 0.15) is 18.4 Å². The summed E-state index contributed by atoms with van der Waals surface area (Å²) in [6.45, 7) is 0. The van der Waals surface area contributed by atoms with Crippen LogP contribution >= 0.6 is 0 Å². The maximum Gasteiger partial charge on any atom is 0.418 e. The summed E-state index contributed by atoms with van der Waals surface area (Å²) in [7, 11) is 0. The fraction of sp³-hybridized carbons (Fsp3) is 0.0750. The molecule has 8 aromatic rings. The van der Waals surface area contributed by atoms with Gasteiger partial charge in [-0.1, -0.05) is 91.0 Å². The van der Waals surface area contributed by atoms with Gasteiger partial charge in [-0.3, -0.25) is 9.13 Å². The molecule has 0 aliphatic heterocycles. The molecule has 47 heavy (non-hydrogen) atoms. The number of rotatable bonds is 4. The fourth-order valence-corrected chi connectivity index (χ4v) is 7.17. The summed E-state index contributed by atoms with van der Waals surface area (Å²) >= 11 is 0. The topological polar surface area (TPSA) is 27.7 Å². The Bertz CT molecular complexity index is 2550. The summed E-state index contributed by atoms with van der Waals surface area (Å²) in [4.78, 5) is 5.37. The Morgan fingerprint density at radius 3 is 2.09 bits per heavy atom. The Labute approximate surface area is 267 Å². The summed E-state index contributed by atoms with van der Waals surface area (Å²) in [5.74, 6) is 0.819. The Morgan fingerprint density at radius 2 is 1.32 bits per heavy atom. The minimum Gasteiger partial charge on any atom is -0.309 e. The van der Waals surface area contributed by atoms with E-state index in [4.69, 9.17) is 4.98 Å². The van der Waals surface area contributed by atoms with Crippen molar-refractivity contribution in [2.24, 2.45) is 0 Å². The highest BCUT2D eigenvalue weighted by molar-refractivity contribution is 6.26. The lowest BCUT2D eigenvalue weighted by atomic mass is 10.1. The third-order valence-electron chi connectivity index (χ3n) is 9.09. The summed E-state index contributed by atoms with van der Waals surface area (Å²) in [6.07, 6.45) is 3.83. The zero-order valence-electron chi connectivity index (χ0n) is 25.1. The van der Waals surface area contributed by atoms with Crippen LogP contribution in [0, 0.1) is 0 Å². The summed E-state index contributed by atoms with van der Waals surface area (Å²) in [6, 6.07) is 37.9. The van der Waals surface area contributed by atoms with Crippen LogP contribution in [0.3, 0.4) is 0 Å². The summed E-state index contributed by atoms with van der Waals surface area (Å²) in [5.41, 5.74) is 6.45. The van der Waals surface area contributed by atoms with E-state index in [-0.39, 0.29) is 5.69 Å². The van der Waals surface area contributed by atoms with Crippen molar-refractivity contribution in [2.45, 2.75) is 19.0 Å². The SMILES string of the molecule is FC(F)(F)c1ccccc1-n1c2ccccc2c2c3c(ccc21)c1c(nc(-c2ccccc2)n1-c1ccccc1)n3C1=CCCC=C1. The van der Waals surface area contributed by atoms with Gasteiger partial charge in [-0.2, -0.15) is 13.2 Å². The van der Waals surface area contributed by atoms with Crippen molar-refractivity contribution in [3.8, 4) is 22.8 Å². The average Bonchev–Trinajstić information content (AvgIpc) is 3.76. The number of aromatic nitrogens is 4. The minimum atomic E-state index is -4.52. The molecule has 0 amide bonds. The van der Waals surface area contributed by atoms with Crippen molar-refractivity contribution in [1.82, 2.24) is 18.7 Å². The molecule has 3 heterocycles. The molecule has 0 unspecified atom stereocenters. The molecule has 0 N–H and O–H groups in total. The molecule has 4 nitrogen and oxygen atoms in total. The van der Waals surface area contributed by atoms with Gasteiger partial charge in [0, 0.05) is 33.1 Å². The number of hydrogen-bond acceptors (Lipinski definition) is 1. The van der Waals surface area contributed by atoms with Gasteiger partial charge >= 0.3 is 6.18 Å². The first-order valence-electron chi connectivity index (χ1n) is 15.6. The molecule has 228 valence electrons. The van der Waals surface area contributed by atoms with Gasteiger partial charge in [0.05, 0.1) is 27.8 Å². The Balaban J connectivity index is 1.50. The molecule has 9 rings (SSSR count). The second-order valence-corrected chi connectivity index (χ2v) is 11.8. The smallest absolute Gasteiger partial charge is 0.309 e. The van der Waals surface area contributed by atoms with Gasteiger partial charge < -0.3 is 4.57 Å². The lowest BCUT2D eigenvalue weighted by molar-refractivity contribution is -0.137. The van der Waals surface area contributed by atoms with Crippen molar-refractivity contribution in [1.29, 1.82) is 0 Å². The number of hydrogen-bond donors (Lipinski definition) is 0. The molecule has 3 aromatic heterocycles. The molecule has 0 spiro atoms. The van der Waals surface area contributed by atoms with Crippen LogP contribution in [0.2, 0.25) is 0 Å². The molecule has 7 heteroatoms. The van der Waals surface area contributed by atoms with Crippen LogP contribution in [0.15, 0.2) is 140 Å². The maximum atomic E-state index is 14.4. The predicted octanol–water partition coefficient (Wildman–Crippen LogP) is 11.0. The number of para-hydroxylation sites is 3. The minimum absolute atomic E-state index is 0.100. The van der Waals surface area contributed by atoms with Gasteiger partial charge in [-0.05, 0) is 61.4 Å². The van der Waals surface area contributed by atoms with Crippen molar-refractivity contribution < 1.29 is 13.2 Å². The largest absolute Gasteiger partial charge is 0.418 e. The quantitative estimate of drug-likeness (QED) is 0.192. The standard InChI is InChI=1S/C40H27F3N4/c41-40(42,43)31-21-11-13-23-33(31)47-32-22-12-10-20-29(32)35-34(47)25-24-30-36(35)45(27-16-6-2-7-17-27)39-37(30)46(28-18-8-3-9-19-28)38(44-39)26-14-4-1-5-15-26/h1,3-6,8-25H,2,7H2. The van der Waals surface area contributed by atoms with Crippen molar-refractivity contribution in [3.63, 3.8) is 0 Å². The van der Waals surface area contributed by atoms with E-state index in [1.807, 2.05) is 72.8 Å². The zero-order chi connectivity index (χ0) is 31.7. The Morgan fingerprint density at radius 1 is 0.596 bits per heavy atom. The molecular weight excluding hydrogens is 593 g/mol. The van der Waals surface area contributed by atoms with Crippen molar-refractivity contribution >= 4 is 49.6 Å². The number of fused-ring (bicyclic) bond motifs is 7. The number of nitrogens with zero attached hydrogens (tertiary/aromatic N) is 4. The molecule has 0 atom stereocenters.